The van der Waals surface area contributed by atoms with Crippen molar-refractivity contribution in [3.05, 3.63) is 59.7 Å². The third kappa shape index (κ3) is 3.37. The molecule has 3 rings (SSSR count). The third-order valence-electron chi connectivity index (χ3n) is 3.68. The Hall–Kier alpha value is -2.73. The monoisotopic (exact) mass is 314 g/mol. The lowest BCUT2D eigenvalue weighted by Crippen LogP contribution is -2.37. The lowest BCUT2D eigenvalue weighted by atomic mass is 10.1. The van der Waals surface area contributed by atoms with E-state index in [-0.39, 0.29) is 19.1 Å². The summed E-state index contributed by atoms with van der Waals surface area (Å²) in [7, 11) is 0. The number of benzene rings is 1. The van der Waals surface area contributed by atoms with Crippen molar-refractivity contribution in [3.63, 3.8) is 0 Å². The van der Waals surface area contributed by atoms with Crippen molar-refractivity contribution in [2.75, 3.05) is 6.54 Å². The molecule has 0 radical (unpaired) electrons. The lowest BCUT2D eigenvalue weighted by Gasteiger charge is -2.10. The molecule has 0 bridgehead atoms. The predicted molar refractivity (Wildman–Crippen MR) is 84.9 cm³/mol. The molecule has 1 unspecified atom stereocenters. The number of hydrogen-bond acceptors (Lipinski definition) is 4. The molecule has 6 nitrogen and oxygen atoms in total. The molecular formula is C17H18N2O4. The summed E-state index contributed by atoms with van der Waals surface area (Å²) < 4.78 is 10.8. The topological polar surface area (TPSA) is 87.6 Å². The van der Waals surface area contributed by atoms with E-state index < -0.39 is 6.10 Å². The van der Waals surface area contributed by atoms with E-state index in [2.05, 4.69) is 10.6 Å². The Morgan fingerprint density at radius 1 is 1.22 bits per heavy atom. The van der Waals surface area contributed by atoms with Crippen molar-refractivity contribution in [2.24, 2.45) is 0 Å². The van der Waals surface area contributed by atoms with E-state index in [1.54, 1.807) is 12.1 Å². The van der Waals surface area contributed by atoms with Gasteiger partial charge < -0.3 is 24.6 Å². The van der Waals surface area contributed by atoms with Gasteiger partial charge in [-0.2, -0.15) is 0 Å². The number of para-hydroxylation sites is 1. The summed E-state index contributed by atoms with van der Waals surface area (Å²) >= 11 is 0. The van der Waals surface area contributed by atoms with Crippen molar-refractivity contribution in [1.29, 1.82) is 0 Å². The summed E-state index contributed by atoms with van der Waals surface area (Å²) in [5.41, 5.74) is 1.81. The molecule has 0 spiro atoms. The van der Waals surface area contributed by atoms with Gasteiger partial charge in [-0.1, -0.05) is 18.2 Å². The number of nitrogens with one attached hydrogen (secondary N) is 2. The van der Waals surface area contributed by atoms with Crippen LogP contribution in [0.15, 0.2) is 51.5 Å². The largest absolute Gasteiger partial charge is 0.467 e. The third-order valence-corrected chi connectivity index (χ3v) is 3.68. The summed E-state index contributed by atoms with van der Waals surface area (Å²) in [5.74, 6) is 1.13. The second-order valence-corrected chi connectivity index (χ2v) is 5.24. The number of carbonyl (C=O) groups excluding carboxylic acids is 1. The standard InChI is InChI=1S/C17H18N2O4/c1-11-12-5-2-3-6-14(12)23-16(11)10-19-17(21)18-9-13(20)15-7-4-8-22-15/h2-8,13,20H,9-10H2,1H3,(H2,18,19,21). The fourth-order valence-corrected chi connectivity index (χ4v) is 2.39. The quantitative estimate of drug-likeness (QED) is 0.676. The number of carbonyl (C=O) groups is 1. The van der Waals surface area contributed by atoms with E-state index in [1.165, 1.54) is 6.26 Å². The Labute approximate surface area is 133 Å². The van der Waals surface area contributed by atoms with E-state index in [4.69, 9.17) is 8.83 Å². The number of furan rings is 2. The summed E-state index contributed by atoms with van der Waals surface area (Å²) in [6.45, 7) is 2.31. The highest BCUT2D eigenvalue weighted by Crippen LogP contribution is 2.24. The van der Waals surface area contributed by atoms with Crippen LogP contribution in [0.1, 0.15) is 23.2 Å². The van der Waals surface area contributed by atoms with E-state index in [0.29, 0.717) is 11.5 Å². The van der Waals surface area contributed by atoms with Crippen molar-refractivity contribution in [3.8, 4) is 0 Å². The minimum atomic E-state index is -0.872. The van der Waals surface area contributed by atoms with Crippen LogP contribution in [0, 0.1) is 6.92 Å². The van der Waals surface area contributed by atoms with Gasteiger partial charge in [0.1, 0.15) is 23.2 Å². The molecule has 0 saturated carbocycles. The second-order valence-electron chi connectivity index (χ2n) is 5.24. The molecule has 1 aromatic carbocycles. The van der Waals surface area contributed by atoms with E-state index in [9.17, 15) is 9.90 Å². The van der Waals surface area contributed by atoms with Gasteiger partial charge in [0.15, 0.2) is 0 Å². The number of hydrogen-bond donors (Lipinski definition) is 3. The van der Waals surface area contributed by atoms with Gasteiger partial charge in [-0.05, 0) is 25.1 Å². The summed E-state index contributed by atoms with van der Waals surface area (Å²) in [6.07, 6.45) is 0.604. The van der Waals surface area contributed by atoms with Gasteiger partial charge in [-0.3, -0.25) is 0 Å². The Morgan fingerprint density at radius 3 is 2.78 bits per heavy atom. The highest BCUT2D eigenvalue weighted by Gasteiger charge is 2.13. The minimum Gasteiger partial charge on any atom is -0.467 e. The maximum atomic E-state index is 11.8. The molecule has 0 fully saturated rings. The normalized spacial score (nSPS) is 12.3. The number of aliphatic hydroxyl groups is 1. The Bertz CT molecular complexity index is 792. The summed E-state index contributed by atoms with van der Waals surface area (Å²) in [6, 6.07) is 10.7. The molecule has 23 heavy (non-hydrogen) atoms. The molecule has 3 N–H and O–H groups in total. The molecule has 1 atom stereocenters. The van der Waals surface area contributed by atoms with Crippen LogP contribution in [0.4, 0.5) is 4.79 Å². The van der Waals surface area contributed by atoms with Crippen LogP contribution < -0.4 is 10.6 Å². The molecule has 3 aromatic rings. The minimum absolute atomic E-state index is 0.0679. The molecule has 2 aromatic heterocycles. The van der Waals surface area contributed by atoms with Gasteiger partial charge in [0.05, 0.1) is 19.4 Å². The van der Waals surface area contributed by atoms with Gasteiger partial charge in [-0.25, -0.2) is 4.79 Å². The molecule has 120 valence electrons. The number of fused-ring (bicyclic) bond motifs is 1. The van der Waals surface area contributed by atoms with Gasteiger partial charge in [-0.15, -0.1) is 0 Å². The smallest absolute Gasteiger partial charge is 0.315 e. The van der Waals surface area contributed by atoms with Crippen LogP contribution >= 0.6 is 0 Å². The first-order valence-corrected chi connectivity index (χ1v) is 7.35. The molecule has 6 heteroatoms. The zero-order chi connectivity index (χ0) is 16.2. The number of aliphatic hydroxyl groups excluding tert-OH is 1. The molecular weight excluding hydrogens is 296 g/mol. The molecule has 2 heterocycles. The summed E-state index contributed by atoms with van der Waals surface area (Å²) in [4.78, 5) is 11.8. The number of amides is 2. The Balaban J connectivity index is 1.53. The van der Waals surface area contributed by atoms with Gasteiger partial charge in [0.25, 0.3) is 0 Å². The predicted octanol–water partition coefficient (Wildman–Crippen LogP) is 2.87. The highest BCUT2D eigenvalue weighted by molar-refractivity contribution is 5.82. The first kappa shape index (κ1) is 15.2. The van der Waals surface area contributed by atoms with Crippen LogP contribution in [-0.2, 0) is 6.54 Å². The first-order chi connectivity index (χ1) is 11.1. The highest BCUT2D eigenvalue weighted by atomic mass is 16.4. The van der Waals surface area contributed by atoms with Gasteiger partial charge >= 0.3 is 6.03 Å². The maximum Gasteiger partial charge on any atom is 0.315 e. The molecule has 2 amide bonds. The Morgan fingerprint density at radius 2 is 2.04 bits per heavy atom. The van der Waals surface area contributed by atoms with Crippen molar-refractivity contribution < 1.29 is 18.7 Å². The van der Waals surface area contributed by atoms with Crippen molar-refractivity contribution in [1.82, 2.24) is 10.6 Å². The number of rotatable bonds is 5. The van der Waals surface area contributed by atoms with Crippen LogP contribution in [0.25, 0.3) is 11.0 Å². The Kier molecular flexibility index (Phi) is 4.34. The first-order valence-electron chi connectivity index (χ1n) is 7.35. The van der Waals surface area contributed by atoms with Crippen LogP contribution in [0.2, 0.25) is 0 Å². The average molecular weight is 314 g/mol. The van der Waals surface area contributed by atoms with Gasteiger partial charge in [0, 0.05) is 10.9 Å². The molecule has 0 aliphatic heterocycles. The number of aryl methyl sites for hydroxylation is 1. The molecule has 0 aliphatic carbocycles. The zero-order valence-corrected chi connectivity index (χ0v) is 12.7. The van der Waals surface area contributed by atoms with E-state index in [0.717, 1.165) is 16.5 Å². The van der Waals surface area contributed by atoms with Crippen molar-refractivity contribution >= 4 is 17.0 Å². The maximum absolute atomic E-state index is 11.8. The molecule has 0 aliphatic rings. The van der Waals surface area contributed by atoms with Crippen LogP contribution in [0.5, 0.6) is 0 Å². The van der Waals surface area contributed by atoms with Crippen molar-refractivity contribution in [2.45, 2.75) is 19.6 Å². The fourth-order valence-electron chi connectivity index (χ4n) is 2.39. The average Bonchev–Trinajstić information content (AvgIpc) is 3.20. The lowest BCUT2D eigenvalue weighted by molar-refractivity contribution is 0.148. The zero-order valence-electron chi connectivity index (χ0n) is 12.7. The fraction of sp³-hybridized carbons (Fsp3) is 0.235. The van der Waals surface area contributed by atoms with Crippen LogP contribution in [-0.4, -0.2) is 17.7 Å². The van der Waals surface area contributed by atoms with Crippen LogP contribution in [0.3, 0.4) is 0 Å². The van der Waals surface area contributed by atoms with Gasteiger partial charge in [0.2, 0.25) is 0 Å². The second kappa shape index (κ2) is 6.58. The van der Waals surface area contributed by atoms with E-state index in [1.807, 2.05) is 31.2 Å². The molecule has 0 saturated heterocycles. The number of urea groups is 1. The SMILES string of the molecule is Cc1c(CNC(=O)NCC(O)c2ccco2)oc2ccccc12. The van der Waals surface area contributed by atoms with E-state index >= 15 is 0 Å². The summed E-state index contributed by atoms with van der Waals surface area (Å²) in [5, 5.41) is 16.2.